The Kier molecular flexibility index (Phi) is 5.50. The number of benzene rings is 1. The van der Waals surface area contributed by atoms with Crippen LogP contribution in [0.5, 0.6) is 0 Å². The monoisotopic (exact) mass is 302 g/mol. The average molecular weight is 302 g/mol. The fourth-order valence-electron chi connectivity index (χ4n) is 2.43. The molecule has 0 fully saturated rings. The van der Waals surface area contributed by atoms with Crippen molar-refractivity contribution in [3.63, 3.8) is 0 Å². The summed E-state index contributed by atoms with van der Waals surface area (Å²) in [5, 5.41) is 3.02. The first-order valence-corrected chi connectivity index (χ1v) is 7.66. The maximum atomic E-state index is 13.1. The lowest BCUT2D eigenvalue weighted by Crippen LogP contribution is -2.27. The van der Waals surface area contributed by atoms with E-state index in [1.807, 2.05) is 19.2 Å². The van der Waals surface area contributed by atoms with Gasteiger partial charge in [0.25, 0.3) is 5.56 Å². The Hall–Kier alpha value is -1.94. The van der Waals surface area contributed by atoms with Crippen LogP contribution in [0.4, 0.5) is 4.39 Å². The molecular weight excluding hydrogens is 279 g/mol. The molecule has 0 aliphatic heterocycles. The predicted molar refractivity (Wildman–Crippen MR) is 88.3 cm³/mol. The van der Waals surface area contributed by atoms with Gasteiger partial charge in [-0.3, -0.25) is 4.79 Å². The molecule has 2 aromatic rings. The quantitative estimate of drug-likeness (QED) is 0.887. The molecule has 1 aromatic heterocycles. The molecule has 0 radical (unpaired) electrons. The Balaban J connectivity index is 2.49. The van der Waals surface area contributed by atoms with Crippen LogP contribution in [0.25, 0.3) is 11.3 Å². The van der Waals surface area contributed by atoms with Crippen LogP contribution in [0.3, 0.4) is 0 Å². The van der Waals surface area contributed by atoms with Crippen molar-refractivity contribution in [1.29, 1.82) is 0 Å². The Bertz CT molecular complexity index is 674. The second-order valence-electron chi connectivity index (χ2n) is 5.92. The molecule has 0 spiro atoms. The molecule has 4 heteroatoms. The van der Waals surface area contributed by atoms with Crippen LogP contribution < -0.4 is 10.9 Å². The van der Waals surface area contributed by atoms with Gasteiger partial charge in [-0.25, -0.2) is 4.39 Å². The van der Waals surface area contributed by atoms with Gasteiger partial charge in [0.05, 0.1) is 5.69 Å². The summed E-state index contributed by atoms with van der Waals surface area (Å²) in [6.07, 6.45) is 0.928. The minimum absolute atomic E-state index is 0.0248. The van der Waals surface area contributed by atoms with Crippen molar-refractivity contribution in [3.05, 3.63) is 58.1 Å². The first-order chi connectivity index (χ1) is 10.5. The number of nitrogens with one attached hydrogen (secondary N) is 1. The topological polar surface area (TPSA) is 34.0 Å². The Morgan fingerprint density at radius 3 is 2.41 bits per heavy atom. The lowest BCUT2D eigenvalue weighted by atomic mass is 10.1. The van der Waals surface area contributed by atoms with Crippen molar-refractivity contribution < 1.29 is 4.39 Å². The van der Waals surface area contributed by atoms with E-state index < -0.39 is 0 Å². The van der Waals surface area contributed by atoms with E-state index >= 15 is 0 Å². The highest BCUT2D eigenvalue weighted by Gasteiger charge is 2.11. The molecule has 0 aliphatic rings. The van der Waals surface area contributed by atoms with E-state index in [2.05, 4.69) is 19.2 Å². The molecule has 0 bridgehead atoms. The van der Waals surface area contributed by atoms with E-state index in [-0.39, 0.29) is 11.4 Å². The van der Waals surface area contributed by atoms with E-state index in [9.17, 15) is 9.18 Å². The average Bonchev–Trinajstić information content (AvgIpc) is 2.49. The number of halogens is 1. The maximum absolute atomic E-state index is 13.1. The molecule has 0 amide bonds. The molecule has 0 atom stereocenters. The van der Waals surface area contributed by atoms with E-state index in [1.54, 1.807) is 16.7 Å². The molecular formula is C18H23FN2O. The molecule has 3 nitrogen and oxygen atoms in total. The summed E-state index contributed by atoms with van der Waals surface area (Å²) in [5.41, 5.74) is 2.47. The summed E-state index contributed by atoms with van der Waals surface area (Å²) in [6, 6.07) is 10.1. The lowest BCUT2D eigenvalue weighted by Gasteiger charge is -2.16. The smallest absolute Gasteiger partial charge is 0.255 e. The number of pyridine rings is 1. The van der Waals surface area contributed by atoms with Gasteiger partial charge < -0.3 is 9.88 Å². The summed E-state index contributed by atoms with van der Waals surface area (Å²) < 4.78 is 14.9. The number of aromatic nitrogens is 1. The van der Waals surface area contributed by atoms with Crippen LogP contribution in [-0.2, 0) is 13.1 Å². The standard InChI is InChI=1S/C18H23FN2O/c1-13(2)10-11-21-17(14-4-7-16(19)8-5-14)9-6-15(12-20-3)18(21)22/h4-9,13,20H,10-12H2,1-3H3. The third kappa shape index (κ3) is 3.83. The van der Waals surface area contributed by atoms with Crippen LogP contribution in [0.15, 0.2) is 41.2 Å². The summed E-state index contributed by atoms with van der Waals surface area (Å²) >= 11 is 0. The highest BCUT2D eigenvalue weighted by molar-refractivity contribution is 5.59. The molecule has 22 heavy (non-hydrogen) atoms. The van der Waals surface area contributed by atoms with Gasteiger partial charge in [-0.05, 0) is 55.3 Å². The summed E-state index contributed by atoms with van der Waals surface area (Å²) in [7, 11) is 1.83. The highest BCUT2D eigenvalue weighted by Crippen LogP contribution is 2.20. The predicted octanol–water partition coefficient (Wildman–Crippen LogP) is 3.42. The van der Waals surface area contributed by atoms with Crippen molar-refractivity contribution in [2.45, 2.75) is 33.4 Å². The number of nitrogens with zero attached hydrogens (tertiary/aromatic N) is 1. The molecule has 0 aliphatic carbocycles. The number of hydrogen-bond donors (Lipinski definition) is 1. The van der Waals surface area contributed by atoms with Gasteiger partial charge in [0.2, 0.25) is 0 Å². The summed E-state index contributed by atoms with van der Waals surface area (Å²) in [6.45, 7) is 5.49. The second kappa shape index (κ2) is 7.36. The zero-order valence-electron chi connectivity index (χ0n) is 13.4. The van der Waals surface area contributed by atoms with Crippen molar-refractivity contribution in [1.82, 2.24) is 9.88 Å². The van der Waals surface area contributed by atoms with Gasteiger partial charge in [0.1, 0.15) is 5.82 Å². The van der Waals surface area contributed by atoms with Gasteiger partial charge >= 0.3 is 0 Å². The van der Waals surface area contributed by atoms with Crippen molar-refractivity contribution >= 4 is 0 Å². The second-order valence-corrected chi connectivity index (χ2v) is 5.92. The summed E-state index contributed by atoms with van der Waals surface area (Å²) in [4.78, 5) is 12.7. The van der Waals surface area contributed by atoms with E-state index in [1.165, 1.54) is 12.1 Å². The lowest BCUT2D eigenvalue weighted by molar-refractivity contribution is 0.508. The van der Waals surface area contributed by atoms with Crippen molar-refractivity contribution in [3.8, 4) is 11.3 Å². The van der Waals surface area contributed by atoms with Crippen LogP contribution in [0.1, 0.15) is 25.8 Å². The van der Waals surface area contributed by atoms with Gasteiger partial charge in [-0.1, -0.05) is 19.9 Å². The van der Waals surface area contributed by atoms with Gasteiger partial charge in [0.15, 0.2) is 0 Å². The molecule has 0 saturated heterocycles. The largest absolute Gasteiger partial charge is 0.315 e. The van der Waals surface area contributed by atoms with E-state index in [4.69, 9.17) is 0 Å². The van der Waals surface area contributed by atoms with Crippen LogP contribution in [0, 0.1) is 11.7 Å². The van der Waals surface area contributed by atoms with Gasteiger partial charge in [-0.2, -0.15) is 0 Å². The Labute approximate surface area is 130 Å². The normalized spacial score (nSPS) is 11.1. The highest BCUT2D eigenvalue weighted by atomic mass is 19.1. The van der Waals surface area contributed by atoms with E-state index in [0.717, 1.165) is 23.2 Å². The molecule has 0 unspecified atom stereocenters. The molecule has 2 rings (SSSR count). The molecule has 118 valence electrons. The minimum Gasteiger partial charge on any atom is -0.315 e. The van der Waals surface area contributed by atoms with Gasteiger partial charge in [-0.15, -0.1) is 0 Å². The number of hydrogen-bond acceptors (Lipinski definition) is 2. The fraction of sp³-hybridized carbons (Fsp3) is 0.389. The van der Waals surface area contributed by atoms with E-state index in [0.29, 0.717) is 19.0 Å². The molecule has 0 saturated carbocycles. The fourth-order valence-corrected chi connectivity index (χ4v) is 2.43. The SMILES string of the molecule is CNCc1ccc(-c2ccc(F)cc2)n(CCC(C)C)c1=O. The van der Waals surface area contributed by atoms with Gasteiger partial charge in [0, 0.05) is 18.7 Å². The molecule has 1 N–H and O–H groups in total. The van der Waals surface area contributed by atoms with Crippen LogP contribution >= 0.6 is 0 Å². The number of rotatable bonds is 6. The Morgan fingerprint density at radius 1 is 1.14 bits per heavy atom. The first-order valence-electron chi connectivity index (χ1n) is 7.66. The van der Waals surface area contributed by atoms with Crippen molar-refractivity contribution in [2.24, 2.45) is 5.92 Å². The summed E-state index contributed by atoms with van der Waals surface area (Å²) in [5.74, 6) is 0.243. The zero-order chi connectivity index (χ0) is 16.1. The minimum atomic E-state index is -0.272. The van der Waals surface area contributed by atoms with Crippen LogP contribution in [-0.4, -0.2) is 11.6 Å². The molecule has 1 aromatic carbocycles. The first kappa shape index (κ1) is 16.4. The Morgan fingerprint density at radius 2 is 1.82 bits per heavy atom. The zero-order valence-corrected chi connectivity index (χ0v) is 13.4. The maximum Gasteiger partial charge on any atom is 0.255 e. The van der Waals surface area contributed by atoms with Crippen LogP contribution in [0.2, 0.25) is 0 Å². The van der Waals surface area contributed by atoms with Crippen molar-refractivity contribution in [2.75, 3.05) is 7.05 Å². The molecule has 1 heterocycles. The third-order valence-electron chi connectivity index (χ3n) is 3.69. The third-order valence-corrected chi connectivity index (χ3v) is 3.69.